The number of rotatable bonds is 6. The van der Waals surface area contributed by atoms with Crippen LogP contribution in [0.15, 0.2) is 0 Å². The highest BCUT2D eigenvalue weighted by molar-refractivity contribution is 5.96. The zero-order chi connectivity index (χ0) is 11.4. The average molecular weight is 215 g/mol. The summed E-state index contributed by atoms with van der Waals surface area (Å²) in [6, 6.07) is 0.231. The third-order valence-electron chi connectivity index (χ3n) is 2.55. The Kier molecular flexibility index (Phi) is 4.08. The van der Waals surface area contributed by atoms with Gasteiger partial charge in [0.15, 0.2) is 0 Å². The van der Waals surface area contributed by atoms with E-state index in [9.17, 15) is 9.59 Å². The lowest BCUT2D eigenvalue weighted by Gasteiger charge is -2.23. The number of aliphatic carboxylic acids is 1. The fraction of sp³-hybridized carbons (Fsp3) is 0.800. The summed E-state index contributed by atoms with van der Waals surface area (Å²) in [5.41, 5.74) is 0. The van der Waals surface area contributed by atoms with Gasteiger partial charge in [-0.15, -0.1) is 0 Å². The number of hydrogen-bond acceptors (Lipinski definition) is 3. The van der Waals surface area contributed by atoms with Crippen LogP contribution in [0.2, 0.25) is 0 Å². The zero-order valence-electron chi connectivity index (χ0n) is 9.10. The van der Waals surface area contributed by atoms with Crippen molar-refractivity contribution in [3.05, 3.63) is 0 Å². The van der Waals surface area contributed by atoms with Gasteiger partial charge in [0.25, 0.3) is 0 Å². The van der Waals surface area contributed by atoms with Crippen LogP contribution in [-0.4, -0.2) is 48.2 Å². The Balaban J connectivity index is 2.54. The van der Waals surface area contributed by atoms with Crippen molar-refractivity contribution in [3.8, 4) is 0 Å². The van der Waals surface area contributed by atoms with Crippen LogP contribution < -0.4 is 0 Å². The van der Waals surface area contributed by atoms with E-state index in [1.54, 1.807) is 12.0 Å². The Labute approximate surface area is 89.0 Å². The molecular weight excluding hydrogens is 198 g/mol. The fourth-order valence-corrected chi connectivity index (χ4v) is 1.40. The largest absolute Gasteiger partial charge is 0.481 e. The molecule has 1 aliphatic carbocycles. The van der Waals surface area contributed by atoms with E-state index in [2.05, 4.69) is 0 Å². The van der Waals surface area contributed by atoms with Crippen LogP contribution in [0.3, 0.4) is 0 Å². The predicted molar refractivity (Wildman–Crippen MR) is 53.4 cm³/mol. The van der Waals surface area contributed by atoms with Crippen molar-refractivity contribution in [2.75, 3.05) is 20.3 Å². The molecule has 0 saturated heterocycles. The summed E-state index contributed by atoms with van der Waals surface area (Å²) in [7, 11) is 1.57. The van der Waals surface area contributed by atoms with E-state index in [0.717, 1.165) is 12.8 Å². The number of carbonyl (C=O) groups is 2. The maximum atomic E-state index is 11.8. The van der Waals surface area contributed by atoms with Gasteiger partial charge >= 0.3 is 5.97 Å². The molecule has 0 heterocycles. The zero-order valence-corrected chi connectivity index (χ0v) is 9.10. The molecule has 1 rings (SSSR count). The van der Waals surface area contributed by atoms with Crippen molar-refractivity contribution in [1.29, 1.82) is 0 Å². The molecule has 1 fully saturated rings. The van der Waals surface area contributed by atoms with Crippen LogP contribution in [0.5, 0.6) is 0 Å². The number of amides is 1. The number of carboxylic acid groups (broad SMARTS) is 1. The Morgan fingerprint density at radius 2 is 2.13 bits per heavy atom. The standard InChI is InChI=1S/C10H17NO4/c1-7(10(13)14)9(12)11(5-6-15-2)8-3-4-8/h7-8H,3-6H2,1-2H3,(H,13,14). The molecule has 0 radical (unpaired) electrons. The van der Waals surface area contributed by atoms with Gasteiger partial charge in [0.05, 0.1) is 6.61 Å². The van der Waals surface area contributed by atoms with Gasteiger partial charge in [-0.25, -0.2) is 0 Å². The van der Waals surface area contributed by atoms with Crippen molar-refractivity contribution >= 4 is 11.9 Å². The van der Waals surface area contributed by atoms with Crippen LogP contribution >= 0.6 is 0 Å². The smallest absolute Gasteiger partial charge is 0.315 e. The lowest BCUT2D eigenvalue weighted by atomic mass is 10.1. The normalized spacial score (nSPS) is 17.2. The molecule has 1 N–H and O–H groups in total. The summed E-state index contributed by atoms with van der Waals surface area (Å²) in [5, 5.41) is 8.75. The summed E-state index contributed by atoms with van der Waals surface area (Å²) in [6.45, 7) is 2.36. The maximum absolute atomic E-state index is 11.8. The predicted octanol–water partition coefficient (Wildman–Crippen LogP) is 0.344. The highest BCUT2D eigenvalue weighted by Gasteiger charge is 2.36. The van der Waals surface area contributed by atoms with Gasteiger partial charge in [0.2, 0.25) is 5.91 Å². The van der Waals surface area contributed by atoms with Crippen molar-refractivity contribution in [3.63, 3.8) is 0 Å². The van der Waals surface area contributed by atoms with Crippen molar-refractivity contribution < 1.29 is 19.4 Å². The third kappa shape index (κ3) is 3.20. The van der Waals surface area contributed by atoms with E-state index < -0.39 is 11.9 Å². The molecule has 1 unspecified atom stereocenters. The van der Waals surface area contributed by atoms with Gasteiger partial charge in [-0.2, -0.15) is 0 Å². The van der Waals surface area contributed by atoms with E-state index in [1.807, 2.05) is 0 Å². The first-order valence-corrected chi connectivity index (χ1v) is 5.10. The first kappa shape index (κ1) is 12.0. The molecule has 1 aliphatic rings. The molecule has 86 valence electrons. The molecule has 0 spiro atoms. The molecule has 5 nitrogen and oxygen atoms in total. The number of hydrogen-bond donors (Lipinski definition) is 1. The molecule has 15 heavy (non-hydrogen) atoms. The highest BCUT2D eigenvalue weighted by atomic mass is 16.5. The average Bonchev–Trinajstić information content (AvgIpc) is 3.00. The topological polar surface area (TPSA) is 66.8 Å². The molecule has 0 bridgehead atoms. The second kappa shape index (κ2) is 5.11. The lowest BCUT2D eigenvalue weighted by Crippen LogP contribution is -2.41. The highest BCUT2D eigenvalue weighted by Crippen LogP contribution is 2.27. The Hall–Kier alpha value is -1.10. The van der Waals surface area contributed by atoms with Crippen LogP contribution in [0.4, 0.5) is 0 Å². The summed E-state index contributed by atoms with van der Waals surface area (Å²) >= 11 is 0. The molecular formula is C10H17NO4. The number of ether oxygens (including phenoxy) is 1. The first-order chi connectivity index (χ1) is 7.07. The van der Waals surface area contributed by atoms with E-state index in [0.29, 0.717) is 13.2 Å². The van der Waals surface area contributed by atoms with E-state index in [-0.39, 0.29) is 11.9 Å². The van der Waals surface area contributed by atoms with Gasteiger partial charge < -0.3 is 14.7 Å². The van der Waals surface area contributed by atoms with Gasteiger partial charge in [0.1, 0.15) is 5.92 Å². The summed E-state index contributed by atoms with van der Waals surface area (Å²) in [6.07, 6.45) is 1.95. The Bertz CT molecular complexity index is 250. The number of carbonyl (C=O) groups excluding carboxylic acids is 1. The minimum absolute atomic E-state index is 0.231. The molecule has 0 aliphatic heterocycles. The van der Waals surface area contributed by atoms with E-state index in [4.69, 9.17) is 9.84 Å². The molecule has 0 aromatic rings. The molecule has 1 atom stereocenters. The van der Waals surface area contributed by atoms with Gasteiger partial charge in [-0.1, -0.05) is 0 Å². The molecule has 0 aromatic carbocycles. The molecule has 1 saturated carbocycles. The van der Waals surface area contributed by atoms with Crippen molar-refractivity contribution in [2.24, 2.45) is 5.92 Å². The second-order valence-electron chi connectivity index (χ2n) is 3.82. The number of nitrogens with zero attached hydrogens (tertiary/aromatic N) is 1. The summed E-state index contributed by atoms with van der Waals surface area (Å²) in [4.78, 5) is 24.1. The van der Waals surface area contributed by atoms with Crippen LogP contribution in [0, 0.1) is 5.92 Å². The van der Waals surface area contributed by atoms with Crippen molar-refractivity contribution in [1.82, 2.24) is 4.90 Å². The number of methoxy groups -OCH3 is 1. The summed E-state index contributed by atoms with van der Waals surface area (Å²) in [5.74, 6) is -2.33. The van der Waals surface area contributed by atoms with Crippen LogP contribution in [0.1, 0.15) is 19.8 Å². The van der Waals surface area contributed by atoms with Gasteiger partial charge in [0, 0.05) is 19.7 Å². The van der Waals surface area contributed by atoms with E-state index in [1.165, 1.54) is 6.92 Å². The maximum Gasteiger partial charge on any atom is 0.315 e. The monoisotopic (exact) mass is 215 g/mol. The van der Waals surface area contributed by atoms with Gasteiger partial charge in [-0.05, 0) is 19.8 Å². The summed E-state index contributed by atoms with van der Waals surface area (Å²) < 4.78 is 4.90. The Morgan fingerprint density at radius 3 is 2.53 bits per heavy atom. The minimum Gasteiger partial charge on any atom is -0.481 e. The fourth-order valence-electron chi connectivity index (χ4n) is 1.40. The van der Waals surface area contributed by atoms with Crippen LogP contribution in [-0.2, 0) is 14.3 Å². The SMILES string of the molecule is COCCN(C(=O)C(C)C(=O)O)C1CC1. The third-order valence-corrected chi connectivity index (χ3v) is 2.55. The van der Waals surface area contributed by atoms with E-state index >= 15 is 0 Å². The Morgan fingerprint density at radius 1 is 1.53 bits per heavy atom. The lowest BCUT2D eigenvalue weighted by molar-refractivity contribution is -0.150. The molecule has 0 aromatic heterocycles. The quantitative estimate of drug-likeness (QED) is 0.649. The minimum atomic E-state index is -1.07. The molecule has 1 amide bonds. The van der Waals surface area contributed by atoms with Crippen LogP contribution in [0.25, 0.3) is 0 Å². The first-order valence-electron chi connectivity index (χ1n) is 5.10. The second-order valence-corrected chi connectivity index (χ2v) is 3.82. The van der Waals surface area contributed by atoms with Gasteiger partial charge in [-0.3, -0.25) is 9.59 Å². The molecule has 5 heteroatoms. The number of carboxylic acids is 1. The van der Waals surface area contributed by atoms with Crippen molar-refractivity contribution in [2.45, 2.75) is 25.8 Å².